The Morgan fingerprint density at radius 3 is 2.24 bits per heavy atom. The molecule has 0 radical (unpaired) electrons. The van der Waals surface area contributed by atoms with Gasteiger partial charge in [-0.3, -0.25) is 9.35 Å². The molecule has 10 heteroatoms. The summed E-state index contributed by atoms with van der Waals surface area (Å²) < 4.78 is 70.2. The molecule has 0 spiro atoms. The van der Waals surface area contributed by atoms with Crippen LogP contribution in [0.25, 0.3) is 0 Å². The van der Waals surface area contributed by atoms with Gasteiger partial charge in [0.15, 0.2) is 6.17 Å². The van der Waals surface area contributed by atoms with Gasteiger partial charge in [-0.25, -0.2) is 9.18 Å². The van der Waals surface area contributed by atoms with E-state index in [1.54, 1.807) is 0 Å². The Hall–Kier alpha value is -1.16. The van der Waals surface area contributed by atoms with Crippen molar-refractivity contribution >= 4 is 21.9 Å². The van der Waals surface area contributed by atoms with Crippen molar-refractivity contribution in [1.82, 2.24) is 0 Å². The zero-order chi connectivity index (χ0) is 13.9. The molecule has 0 aliphatic carbocycles. The van der Waals surface area contributed by atoms with E-state index >= 15 is 0 Å². The number of ether oxygens (including phenoxy) is 1. The van der Waals surface area contributed by atoms with Crippen molar-refractivity contribution in [1.29, 1.82) is 0 Å². The van der Waals surface area contributed by atoms with Gasteiger partial charge in [-0.1, -0.05) is 0 Å². The quantitative estimate of drug-likeness (QED) is 0.427. The van der Waals surface area contributed by atoms with Crippen molar-refractivity contribution in [2.75, 3.05) is 6.61 Å². The largest absolute Gasteiger partial charge is 0.460 e. The Morgan fingerprint density at radius 1 is 1.41 bits per heavy atom. The summed E-state index contributed by atoms with van der Waals surface area (Å²) in [5.74, 6) is -2.37. The first kappa shape index (κ1) is 15.8. The standard InChI is InChI=1S/C7H9F3O6S/c1-4(11)6(12)16-3-2-5(8)7(9,10)17(13,14)15/h5H,2-3H2,1H3,(H,13,14,15). The first-order chi connectivity index (χ1) is 7.50. The third kappa shape index (κ3) is 4.30. The molecule has 1 N–H and O–H groups in total. The van der Waals surface area contributed by atoms with E-state index in [-0.39, 0.29) is 0 Å². The molecule has 0 rings (SSSR count). The number of alkyl halides is 3. The number of hydrogen-bond donors (Lipinski definition) is 1. The summed E-state index contributed by atoms with van der Waals surface area (Å²) >= 11 is 0. The highest BCUT2D eigenvalue weighted by atomic mass is 32.2. The first-order valence-electron chi connectivity index (χ1n) is 4.16. The van der Waals surface area contributed by atoms with Crippen LogP contribution in [0.1, 0.15) is 13.3 Å². The predicted molar refractivity (Wildman–Crippen MR) is 47.6 cm³/mol. The Bertz CT molecular complexity index is 404. The molecule has 0 saturated heterocycles. The summed E-state index contributed by atoms with van der Waals surface area (Å²) in [6.07, 6.45) is -4.43. The summed E-state index contributed by atoms with van der Waals surface area (Å²) in [4.78, 5) is 20.8. The van der Waals surface area contributed by atoms with Crippen molar-refractivity contribution in [3.05, 3.63) is 0 Å². The van der Waals surface area contributed by atoms with Gasteiger partial charge in [0.2, 0.25) is 5.78 Å². The molecule has 0 bridgehead atoms. The second kappa shape index (κ2) is 5.45. The van der Waals surface area contributed by atoms with Crippen LogP contribution in [0.5, 0.6) is 0 Å². The summed E-state index contributed by atoms with van der Waals surface area (Å²) in [7, 11) is -5.88. The molecule has 0 aliphatic heterocycles. The second-order valence-electron chi connectivity index (χ2n) is 2.99. The maximum absolute atomic E-state index is 12.8. The second-order valence-corrected chi connectivity index (χ2v) is 4.48. The molecular weight excluding hydrogens is 269 g/mol. The van der Waals surface area contributed by atoms with Crippen molar-refractivity contribution in [2.45, 2.75) is 24.8 Å². The van der Waals surface area contributed by atoms with Gasteiger partial charge >= 0.3 is 21.3 Å². The van der Waals surface area contributed by atoms with Crippen LogP contribution in [0.15, 0.2) is 0 Å². The molecule has 0 amide bonds. The van der Waals surface area contributed by atoms with Crippen molar-refractivity contribution in [2.24, 2.45) is 0 Å². The topological polar surface area (TPSA) is 97.7 Å². The fraction of sp³-hybridized carbons (Fsp3) is 0.714. The van der Waals surface area contributed by atoms with Gasteiger partial charge in [0.25, 0.3) is 0 Å². The molecule has 6 nitrogen and oxygen atoms in total. The lowest BCUT2D eigenvalue weighted by atomic mass is 10.3. The molecule has 0 saturated carbocycles. The van der Waals surface area contributed by atoms with Crippen molar-refractivity contribution < 1.29 is 40.5 Å². The molecule has 0 aliphatic rings. The number of rotatable bonds is 6. The molecule has 1 unspecified atom stereocenters. The van der Waals surface area contributed by atoms with Gasteiger partial charge < -0.3 is 4.74 Å². The van der Waals surface area contributed by atoms with Crippen LogP contribution in [-0.2, 0) is 24.4 Å². The highest BCUT2D eigenvalue weighted by Crippen LogP contribution is 2.29. The molecule has 0 aromatic carbocycles. The summed E-state index contributed by atoms with van der Waals surface area (Å²) in [6, 6.07) is 0. The summed E-state index contributed by atoms with van der Waals surface area (Å²) in [6.45, 7) is -0.0628. The van der Waals surface area contributed by atoms with Crippen LogP contribution in [-0.4, -0.2) is 42.8 Å². The number of esters is 1. The molecule has 1 atom stereocenters. The van der Waals surface area contributed by atoms with Crippen LogP contribution in [0.2, 0.25) is 0 Å². The Morgan fingerprint density at radius 2 is 1.88 bits per heavy atom. The van der Waals surface area contributed by atoms with E-state index in [0.29, 0.717) is 0 Å². The fourth-order valence-electron chi connectivity index (χ4n) is 0.686. The van der Waals surface area contributed by atoms with Gasteiger partial charge in [0.05, 0.1) is 6.61 Å². The Balaban J connectivity index is 4.34. The minimum absolute atomic E-state index is 0.849. The van der Waals surface area contributed by atoms with Crippen LogP contribution in [0.3, 0.4) is 0 Å². The van der Waals surface area contributed by atoms with Crippen LogP contribution in [0, 0.1) is 0 Å². The highest BCUT2D eigenvalue weighted by Gasteiger charge is 2.52. The minimum atomic E-state index is -5.88. The zero-order valence-electron chi connectivity index (χ0n) is 8.52. The van der Waals surface area contributed by atoms with E-state index in [1.807, 2.05) is 0 Å². The lowest BCUT2D eigenvalue weighted by Gasteiger charge is -2.17. The molecule has 0 fully saturated rings. The molecule has 17 heavy (non-hydrogen) atoms. The SMILES string of the molecule is CC(=O)C(=O)OCCC(F)C(F)(F)S(=O)(=O)O. The van der Waals surface area contributed by atoms with Crippen LogP contribution >= 0.6 is 0 Å². The fourth-order valence-corrected chi connectivity index (χ4v) is 1.13. The number of Topliss-reactive ketones (excluding diaryl/α,β-unsaturated/α-hetero) is 1. The monoisotopic (exact) mass is 278 g/mol. The smallest absolute Gasteiger partial charge is 0.400 e. The van der Waals surface area contributed by atoms with E-state index < -0.39 is 46.3 Å². The molecule has 0 aromatic rings. The van der Waals surface area contributed by atoms with E-state index in [2.05, 4.69) is 4.74 Å². The lowest BCUT2D eigenvalue weighted by molar-refractivity contribution is -0.153. The first-order valence-corrected chi connectivity index (χ1v) is 5.60. The Labute approximate surface area is 94.5 Å². The third-order valence-corrected chi connectivity index (χ3v) is 2.54. The van der Waals surface area contributed by atoms with Gasteiger partial charge in [-0.05, 0) is 0 Å². The van der Waals surface area contributed by atoms with Crippen molar-refractivity contribution in [3.63, 3.8) is 0 Å². The van der Waals surface area contributed by atoms with Gasteiger partial charge in [0, 0.05) is 13.3 Å². The highest BCUT2D eigenvalue weighted by molar-refractivity contribution is 7.86. The van der Waals surface area contributed by atoms with Crippen LogP contribution in [0.4, 0.5) is 13.2 Å². The average molecular weight is 278 g/mol. The summed E-state index contributed by atoms with van der Waals surface area (Å²) in [5.41, 5.74) is 0. The summed E-state index contributed by atoms with van der Waals surface area (Å²) in [5, 5.41) is -4.99. The van der Waals surface area contributed by atoms with E-state index in [1.165, 1.54) is 0 Å². The normalized spacial score (nSPS) is 14.2. The van der Waals surface area contributed by atoms with Crippen LogP contribution < -0.4 is 0 Å². The van der Waals surface area contributed by atoms with Gasteiger partial charge in [-0.15, -0.1) is 0 Å². The minimum Gasteiger partial charge on any atom is -0.460 e. The zero-order valence-corrected chi connectivity index (χ0v) is 9.34. The van der Waals surface area contributed by atoms with E-state index in [9.17, 15) is 31.2 Å². The third-order valence-electron chi connectivity index (χ3n) is 1.60. The number of carbonyl (C=O) groups is 2. The predicted octanol–water partition coefficient (Wildman–Crippen LogP) is 0.327. The molecule has 0 heterocycles. The number of hydrogen-bond acceptors (Lipinski definition) is 5. The molecule has 0 aromatic heterocycles. The van der Waals surface area contributed by atoms with Gasteiger partial charge in [0.1, 0.15) is 0 Å². The lowest BCUT2D eigenvalue weighted by Crippen LogP contribution is -2.39. The number of halogens is 3. The Kier molecular flexibility index (Phi) is 5.08. The van der Waals surface area contributed by atoms with Crippen molar-refractivity contribution in [3.8, 4) is 0 Å². The molecular formula is C7H9F3O6S. The maximum atomic E-state index is 12.8. The van der Waals surface area contributed by atoms with E-state index in [4.69, 9.17) is 4.55 Å². The number of ketones is 1. The number of carbonyl (C=O) groups excluding carboxylic acids is 2. The maximum Gasteiger partial charge on any atom is 0.400 e. The average Bonchev–Trinajstić information content (AvgIpc) is 2.15. The molecule has 100 valence electrons. The van der Waals surface area contributed by atoms with E-state index in [0.717, 1.165) is 6.92 Å². The van der Waals surface area contributed by atoms with Gasteiger partial charge in [-0.2, -0.15) is 17.2 Å².